The van der Waals surface area contributed by atoms with E-state index >= 15 is 0 Å². The van der Waals surface area contributed by atoms with Crippen molar-refractivity contribution in [3.05, 3.63) is 27.6 Å². The molecule has 16 heavy (non-hydrogen) atoms. The lowest BCUT2D eigenvalue weighted by molar-refractivity contribution is -0.113. The van der Waals surface area contributed by atoms with Gasteiger partial charge in [-0.2, -0.15) is 0 Å². The number of nitrogens with one attached hydrogen (secondary N) is 1. The summed E-state index contributed by atoms with van der Waals surface area (Å²) in [4.78, 5) is 11.3. The summed E-state index contributed by atoms with van der Waals surface area (Å²) in [5, 5.41) is 2.40. The van der Waals surface area contributed by atoms with Crippen molar-refractivity contribution in [1.29, 1.82) is 0 Å². The summed E-state index contributed by atoms with van der Waals surface area (Å²) in [6, 6.07) is 3.83. The van der Waals surface area contributed by atoms with Gasteiger partial charge in [0.25, 0.3) is 0 Å². The Morgan fingerprint density at radius 1 is 1.50 bits per heavy atom. The number of carbonyl (C=O) groups is 1. The minimum atomic E-state index is -3.35. The number of rotatable bonds is 3. The van der Waals surface area contributed by atoms with Crippen LogP contribution in [0.4, 0.5) is 10.1 Å². The molecule has 4 nitrogen and oxygen atoms in total. The van der Waals surface area contributed by atoms with Crippen LogP contribution >= 0.6 is 22.6 Å². The lowest BCUT2D eigenvalue weighted by Gasteiger charge is -2.06. The van der Waals surface area contributed by atoms with Gasteiger partial charge in [-0.1, -0.05) is 0 Å². The Balaban J connectivity index is 2.78. The lowest BCUT2D eigenvalue weighted by Crippen LogP contribution is -2.22. The van der Waals surface area contributed by atoms with Crippen molar-refractivity contribution in [2.75, 3.05) is 17.3 Å². The molecule has 1 N–H and O–H groups in total. The van der Waals surface area contributed by atoms with Crippen molar-refractivity contribution in [3.8, 4) is 0 Å². The zero-order valence-electron chi connectivity index (χ0n) is 8.33. The van der Waals surface area contributed by atoms with E-state index in [1.807, 2.05) is 22.6 Å². The number of amides is 1. The van der Waals surface area contributed by atoms with E-state index in [9.17, 15) is 17.6 Å². The molecular formula is C9H9FINO3S. The number of hydrogen-bond acceptors (Lipinski definition) is 3. The molecule has 0 spiro atoms. The molecule has 1 aromatic carbocycles. The zero-order valence-corrected chi connectivity index (χ0v) is 11.3. The topological polar surface area (TPSA) is 63.2 Å². The smallest absolute Gasteiger partial charge is 0.239 e. The van der Waals surface area contributed by atoms with E-state index in [-0.39, 0.29) is 0 Å². The third-order valence-electron chi connectivity index (χ3n) is 1.60. The van der Waals surface area contributed by atoms with Crippen LogP contribution in [0.15, 0.2) is 18.2 Å². The lowest BCUT2D eigenvalue weighted by atomic mass is 10.3. The maximum atomic E-state index is 12.7. The van der Waals surface area contributed by atoms with Crippen LogP contribution in [0, 0.1) is 9.39 Å². The van der Waals surface area contributed by atoms with E-state index in [4.69, 9.17) is 0 Å². The number of carbonyl (C=O) groups excluding carboxylic acids is 1. The predicted octanol–water partition coefficient (Wildman–Crippen LogP) is 1.41. The molecule has 1 aromatic rings. The van der Waals surface area contributed by atoms with E-state index in [0.29, 0.717) is 9.26 Å². The van der Waals surface area contributed by atoms with Crippen LogP contribution in [0.2, 0.25) is 0 Å². The molecule has 0 aliphatic rings. The molecule has 0 bridgehead atoms. The van der Waals surface area contributed by atoms with Gasteiger partial charge in [-0.05, 0) is 40.8 Å². The minimum Gasteiger partial charge on any atom is -0.324 e. The summed E-state index contributed by atoms with van der Waals surface area (Å²) >= 11 is 1.85. The number of hydrogen-bond donors (Lipinski definition) is 1. The van der Waals surface area contributed by atoms with Gasteiger partial charge in [0.1, 0.15) is 11.6 Å². The molecule has 0 unspecified atom stereocenters. The molecule has 88 valence electrons. The molecule has 0 aliphatic heterocycles. The second kappa shape index (κ2) is 5.09. The fraction of sp³-hybridized carbons (Fsp3) is 0.222. The molecule has 0 aliphatic carbocycles. The first-order valence-corrected chi connectivity index (χ1v) is 7.34. The van der Waals surface area contributed by atoms with E-state index in [0.717, 1.165) is 6.26 Å². The van der Waals surface area contributed by atoms with Gasteiger partial charge in [0.15, 0.2) is 9.84 Å². The molecule has 0 atom stereocenters. The number of halogens is 2. The van der Waals surface area contributed by atoms with Gasteiger partial charge in [0.2, 0.25) is 5.91 Å². The highest BCUT2D eigenvalue weighted by molar-refractivity contribution is 14.1. The summed E-state index contributed by atoms with van der Waals surface area (Å²) in [7, 11) is -3.35. The third-order valence-corrected chi connectivity index (χ3v) is 3.28. The molecule has 0 fully saturated rings. The molecule has 0 saturated carbocycles. The summed E-state index contributed by atoms with van der Waals surface area (Å²) in [5.41, 5.74) is 0.399. The Morgan fingerprint density at radius 3 is 2.62 bits per heavy atom. The van der Waals surface area contributed by atoms with Crippen LogP contribution < -0.4 is 5.32 Å². The molecule has 7 heteroatoms. The average Bonchev–Trinajstić information content (AvgIpc) is 2.06. The highest BCUT2D eigenvalue weighted by atomic mass is 127. The number of benzene rings is 1. The third kappa shape index (κ3) is 4.44. The van der Waals surface area contributed by atoms with Gasteiger partial charge in [-0.3, -0.25) is 4.79 Å². The average molecular weight is 357 g/mol. The van der Waals surface area contributed by atoms with Crippen LogP contribution in [-0.4, -0.2) is 26.3 Å². The zero-order chi connectivity index (χ0) is 12.3. The Kier molecular flexibility index (Phi) is 4.25. The van der Waals surface area contributed by atoms with Crippen LogP contribution in [0.25, 0.3) is 0 Å². The van der Waals surface area contributed by atoms with Crippen molar-refractivity contribution in [1.82, 2.24) is 0 Å². The van der Waals surface area contributed by atoms with Gasteiger partial charge in [-0.15, -0.1) is 0 Å². The second-order valence-corrected chi connectivity index (χ2v) is 6.54. The van der Waals surface area contributed by atoms with Crippen molar-refractivity contribution < 1.29 is 17.6 Å². The maximum absolute atomic E-state index is 12.7. The maximum Gasteiger partial charge on any atom is 0.239 e. The largest absolute Gasteiger partial charge is 0.324 e. The summed E-state index contributed by atoms with van der Waals surface area (Å²) in [6.45, 7) is 0. The second-order valence-electron chi connectivity index (χ2n) is 3.24. The summed E-state index contributed by atoms with van der Waals surface area (Å²) in [6.07, 6.45) is 0.974. The Morgan fingerprint density at radius 2 is 2.12 bits per heavy atom. The van der Waals surface area contributed by atoms with Crippen LogP contribution in [-0.2, 0) is 14.6 Å². The Bertz CT molecular complexity index is 515. The highest BCUT2D eigenvalue weighted by Crippen LogP contribution is 2.18. The first-order chi connectivity index (χ1) is 7.28. The fourth-order valence-corrected chi connectivity index (χ4v) is 2.18. The normalized spacial score (nSPS) is 11.2. The van der Waals surface area contributed by atoms with Gasteiger partial charge in [-0.25, -0.2) is 12.8 Å². The number of sulfone groups is 1. The van der Waals surface area contributed by atoms with Gasteiger partial charge < -0.3 is 5.32 Å². The van der Waals surface area contributed by atoms with Crippen molar-refractivity contribution >= 4 is 44.0 Å². The van der Waals surface area contributed by atoms with Crippen molar-refractivity contribution in [2.24, 2.45) is 0 Å². The van der Waals surface area contributed by atoms with Crippen LogP contribution in [0.1, 0.15) is 0 Å². The standard InChI is InChI=1S/C9H9FINO3S/c1-16(14,15)5-9(13)12-8-3-2-6(10)4-7(8)11/h2-4H,5H2,1H3,(H,12,13). The molecule has 1 amide bonds. The van der Waals surface area contributed by atoms with Crippen molar-refractivity contribution in [2.45, 2.75) is 0 Å². The van der Waals surface area contributed by atoms with Crippen LogP contribution in [0.5, 0.6) is 0 Å². The number of anilines is 1. The monoisotopic (exact) mass is 357 g/mol. The molecule has 0 saturated heterocycles. The Labute approximate surface area is 106 Å². The van der Waals surface area contributed by atoms with E-state index in [1.165, 1.54) is 18.2 Å². The van der Waals surface area contributed by atoms with Gasteiger partial charge in [0.05, 0.1) is 5.69 Å². The first-order valence-electron chi connectivity index (χ1n) is 4.20. The molecule has 0 radical (unpaired) electrons. The molecule has 1 rings (SSSR count). The highest BCUT2D eigenvalue weighted by Gasteiger charge is 2.12. The van der Waals surface area contributed by atoms with Gasteiger partial charge in [0, 0.05) is 9.83 Å². The summed E-state index contributed by atoms with van der Waals surface area (Å²) in [5.74, 6) is -1.63. The molecule has 0 heterocycles. The van der Waals surface area contributed by atoms with E-state index in [2.05, 4.69) is 5.32 Å². The minimum absolute atomic E-state index is 0.399. The first kappa shape index (κ1) is 13.4. The quantitative estimate of drug-likeness (QED) is 0.833. The van der Waals surface area contributed by atoms with Gasteiger partial charge >= 0.3 is 0 Å². The van der Waals surface area contributed by atoms with E-state index in [1.54, 1.807) is 0 Å². The summed E-state index contributed by atoms with van der Waals surface area (Å²) < 4.78 is 35.0. The predicted molar refractivity (Wildman–Crippen MR) is 67.5 cm³/mol. The SMILES string of the molecule is CS(=O)(=O)CC(=O)Nc1ccc(F)cc1I. The van der Waals surface area contributed by atoms with E-state index < -0.39 is 27.3 Å². The van der Waals surface area contributed by atoms with Crippen LogP contribution in [0.3, 0.4) is 0 Å². The molecular weight excluding hydrogens is 348 g/mol. The van der Waals surface area contributed by atoms with Crippen molar-refractivity contribution in [3.63, 3.8) is 0 Å². The fourth-order valence-electron chi connectivity index (χ4n) is 1.02. The Hall–Kier alpha value is -0.700. The molecule has 0 aromatic heterocycles.